The Hall–Kier alpha value is -1.90. The van der Waals surface area contributed by atoms with E-state index in [4.69, 9.17) is 0 Å². The van der Waals surface area contributed by atoms with E-state index in [0.29, 0.717) is 16.9 Å². The molecule has 0 saturated heterocycles. The molecule has 0 radical (unpaired) electrons. The number of carbonyl (C=O) groups is 1. The molecule has 118 valence electrons. The Labute approximate surface area is 131 Å². The summed E-state index contributed by atoms with van der Waals surface area (Å²) in [5.74, 6) is 0.539. The highest BCUT2D eigenvalue weighted by molar-refractivity contribution is 7.99. The van der Waals surface area contributed by atoms with Crippen molar-refractivity contribution in [1.82, 2.24) is 30.1 Å². The standard InChI is InChI=1S/C13H18N6O2S/c1-8-11(21)15-12-16-17-13(19(12)18-8)22-7-10(20)14-9-5-3-2-4-6-9/h9H,2-7H2,1H3,(H,14,20)(H,15,16,21). The van der Waals surface area contributed by atoms with Gasteiger partial charge in [-0.2, -0.15) is 9.61 Å². The molecular weight excluding hydrogens is 304 g/mol. The summed E-state index contributed by atoms with van der Waals surface area (Å²) < 4.78 is 1.45. The summed E-state index contributed by atoms with van der Waals surface area (Å²) in [5, 5.41) is 15.5. The minimum absolute atomic E-state index is 0.00482. The number of fused-ring (bicyclic) bond motifs is 1. The third-order valence-corrected chi connectivity index (χ3v) is 4.64. The van der Waals surface area contributed by atoms with E-state index in [-0.39, 0.29) is 23.0 Å². The highest BCUT2D eigenvalue weighted by Crippen LogP contribution is 2.18. The molecule has 9 heteroatoms. The predicted octanol–water partition coefficient (Wildman–Crippen LogP) is 0.662. The second kappa shape index (κ2) is 6.47. The van der Waals surface area contributed by atoms with Crippen LogP contribution in [0, 0.1) is 6.92 Å². The van der Waals surface area contributed by atoms with Crippen LogP contribution < -0.4 is 10.9 Å². The molecule has 1 amide bonds. The largest absolute Gasteiger partial charge is 0.353 e. The minimum Gasteiger partial charge on any atom is -0.353 e. The zero-order valence-corrected chi connectivity index (χ0v) is 13.2. The van der Waals surface area contributed by atoms with Gasteiger partial charge in [0.1, 0.15) is 5.69 Å². The van der Waals surface area contributed by atoms with Gasteiger partial charge in [-0.05, 0) is 19.8 Å². The molecule has 3 rings (SSSR count). The molecule has 1 saturated carbocycles. The van der Waals surface area contributed by atoms with E-state index in [1.165, 1.54) is 35.5 Å². The number of hydrogen-bond donors (Lipinski definition) is 2. The number of aromatic amines is 1. The van der Waals surface area contributed by atoms with Crippen LogP contribution in [0.4, 0.5) is 0 Å². The molecule has 0 unspecified atom stereocenters. The van der Waals surface area contributed by atoms with Crippen LogP contribution in [0.2, 0.25) is 0 Å². The van der Waals surface area contributed by atoms with Crippen LogP contribution >= 0.6 is 11.8 Å². The highest BCUT2D eigenvalue weighted by Gasteiger charge is 2.17. The van der Waals surface area contributed by atoms with Gasteiger partial charge < -0.3 is 5.32 Å². The van der Waals surface area contributed by atoms with Gasteiger partial charge in [-0.25, -0.2) is 0 Å². The van der Waals surface area contributed by atoms with Crippen molar-refractivity contribution < 1.29 is 4.79 Å². The summed E-state index contributed by atoms with van der Waals surface area (Å²) in [6.45, 7) is 1.61. The summed E-state index contributed by atoms with van der Waals surface area (Å²) in [4.78, 5) is 26.0. The lowest BCUT2D eigenvalue weighted by molar-refractivity contribution is -0.119. The lowest BCUT2D eigenvalue weighted by atomic mass is 9.95. The summed E-state index contributed by atoms with van der Waals surface area (Å²) in [6, 6.07) is 0.300. The fourth-order valence-corrected chi connectivity index (χ4v) is 3.25. The summed E-state index contributed by atoms with van der Waals surface area (Å²) in [5.41, 5.74) is 0.0484. The highest BCUT2D eigenvalue weighted by atomic mass is 32.2. The number of nitrogens with zero attached hydrogens (tertiary/aromatic N) is 4. The van der Waals surface area contributed by atoms with E-state index in [0.717, 1.165) is 12.8 Å². The Balaban J connectivity index is 1.62. The van der Waals surface area contributed by atoms with Gasteiger partial charge >= 0.3 is 0 Å². The number of nitrogens with one attached hydrogen (secondary N) is 2. The third kappa shape index (κ3) is 3.29. The lowest BCUT2D eigenvalue weighted by Crippen LogP contribution is -2.37. The Morgan fingerprint density at radius 3 is 2.91 bits per heavy atom. The topological polar surface area (TPSA) is 105 Å². The number of aromatic nitrogens is 5. The fraction of sp³-hybridized carbons (Fsp3) is 0.615. The van der Waals surface area contributed by atoms with Crippen molar-refractivity contribution in [2.24, 2.45) is 0 Å². The smallest absolute Gasteiger partial charge is 0.273 e. The zero-order chi connectivity index (χ0) is 15.5. The second-order valence-corrected chi connectivity index (χ2v) is 6.39. The molecule has 1 aliphatic carbocycles. The second-order valence-electron chi connectivity index (χ2n) is 5.45. The van der Waals surface area contributed by atoms with E-state index < -0.39 is 0 Å². The first-order valence-corrected chi connectivity index (χ1v) is 8.36. The maximum absolute atomic E-state index is 12.0. The normalized spacial score (nSPS) is 16.0. The van der Waals surface area contributed by atoms with Crippen LogP contribution in [0.3, 0.4) is 0 Å². The fourth-order valence-electron chi connectivity index (χ4n) is 2.56. The molecule has 2 N–H and O–H groups in total. The number of amides is 1. The molecule has 0 aromatic carbocycles. The molecule has 1 fully saturated rings. The first-order chi connectivity index (χ1) is 10.6. The molecule has 1 aliphatic rings. The van der Waals surface area contributed by atoms with Crippen molar-refractivity contribution in [1.29, 1.82) is 0 Å². The Morgan fingerprint density at radius 2 is 2.14 bits per heavy atom. The van der Waals surface area contributed by atoms with E-state index in [2.05, 4.69) is 25.6 Å². The molecule has 2 aromatic heterocycles. The van der Waals surface area contributed by atoms with Crippen LogP contribution in [0.1, 0.15) is 37.8 Å². The molecule has 0 spiro atoms. The number of rotatable bonds is 4. The average molecular weight is 322 g/mol. The number of aryl methyl sites for hydroxylation is 1. The van der Waals surface area contributed by atoms with Gasteiger partial charge in [-0.1, -0.05) is 31.0 Å². The molecule has 22 heavy (non-hydrogen) atoms. The Kier molecular flexibility index (Phi) is 4.41. The van der Waals surface area contributed by atoms with Gasteiger partial charge in [-0.15, -0.1) is 10.2 Å². The lowest BCUT2D eigenvalue weighted by Gasteiger charge is -2.22. The number of thioether (sulfide) groups is 1. The predicted molar refractivity (Wildman–Crippen MR) is 81.9 cm³/mol. The first kappa shape index (κ1) is 15.0. The Morgan fingerprint density at radius 1 is 1.36 bits per heavy atom. The summed E-state index contributed by atoms with van der Waals surface area (Å²) in [7, 11) is 0. The van der Waals surface area contributed by atoms with Gasteiger partial charge in [0.15, 0.2) is 0 Å². The SMILES string of the molecule is Cc1nn2c(SCC(=O)NC3CCCCC3)nnc2[nH]c1=O. The maximum Gasteiger partial charge on any atom is 0.273 e. The van der Waals surface area contributed by atoms with Crippen LogP contribution in [-0.2, 0) is 4.79 Å². The molecule has 0 bridgehead atoms. The van der Waals surface area contributed by atoms with E-state index >= 15 is 0 Å². The van der Waals surface area contributed by atoms with Gasteiger partial charge in [0.05, 0.1) is 5.75 Å². The first-order valence-electron chi connectivity index (χ1n) is 7.38. The van der Waals surface area contributed by atoms with E-state index in [1.54, 1.807) is 6.92 Å². The summed E-state index contributed by atoms with van der Waals surface area (Å²) >= 11 is 1.26. The average Bonchev–Trinajstić information content (AvgIpc) is 2.89. The molecule has 2 heterocycles. The van der Waals surface area contributed by atoms with E-state index in [9.17, 15) is 9.59 Å². The monoisotopic (exact) mass is 322 g/mol. The van der Waals surface area contributed by atoms with Crippen molar-refractivity contribution in [3.8, 4) is 0 Å². The van der Waals surface area contributed by atoms with Gasteiger partial charge in [0, 0.05) is 6.04 Å². The van der Waals surface area contributed by atoms with E-state index in [1.807, 2.05) is 0 Å². The van der Waals surface area contributed by atoms with Gasteiger partial charge in [0.2, 0.25) is 11.1 Å². The van der Waals surface area contributed by atoms with Crippen LogP contribution in [0.15, 0.2) is 9.95 Å². The van der Waals surface area contributed by atoms with Crippen LogP contribution in [-0.4, -0.2) is 42.5 Å². The molecular formula is C13H18N6O2S. The van der Waals surface area contributed by atoms with Crippen molar-refractivity contribution in [3.05, 3.63) is 16.0 Å². The molecule has 2 aromatic rings. The van der Waals surface area contributed by atoms with Gasteiger partial charge in [-0.3, -0.25) is 14.6 Å². The molecule has 8 nitrogen and oxygen atoms in total. The van der Waals surface area contributed by atoms with Crippen LogP contribution in [0.25, 0.3) is 5.78 Å². The molecule has 0 atom stereocenters. The van der Waals surface area contributed by atoms with Crippen LogP contribution in [0.5, 0.6) is 0 Å². The molecule has 0 aliphatic heterocycles. The summed E-state index contributed by atoms with van der Waals surface area (Å²) in [6.07, 6.45) is 5.75. The minimum atomic E-state index is -0.286. The Bertz CT molecular complexity index is 734. The number of H-pyrrole nitrogens is 1. The number of carbonyl (C=O) groups excluding carboxylic acids is 1. The quantitative estimate of drug-likeness (QED) is 0.801. The maximum atomic E-state index is 12.0. The van der Waals surface area contributed by atoms with Gasteiger partial charge in [0.25, 0.3) is 11.3 Å². The van der Waals surface area contributed by atoms with Crippen molar-refractivity contribution in [3.63, 3.8) is 0 Å². The van der Waals surface area contributed by atoms with Crippen molar-refractivity contribution >= 4 is 23.4 Å². The zero-order valence-electron chi connectivity index (χ0n) is 12.3. The third-order valence-electron chi connectivity index (χ3n) is 3.72. The number of hydrogen-bond acceptors (Lipinski definition) is 6. The van der Waals surface area contributed by atoms with Crippen molar-refractivity contribution in [2.75, 3.05) is 5.75 Å². The van der Waals surface area contributed by atoms with Crippen molar-refractivity contribution in [2.45, 2.75) is 50.2 Å².